The van der Waals surface area contributed by atoms with Gasteiger partial charge < -0.3 is 9.64 Å². The van der Waals surface area contributed by atoms with Gasteiger partial charge in [-0.15, -0.1) is 0 Å². The molecular weight excluding hydrogens is 240 g/mol. The largest absolute Gasteiger partial charge is 0.369 e. The first-order chi connectivity index (χ1) is 8.85. The topological polar surface area (TPSA) is 42.4 Å². The fraction of sp³-hybridized carbons (Fsp3) is 0.600. The van der Waals surface area contributed by atoms with Crippen molar-refractivity contribution >= 4 is 11.6 Å². The predicted molar refractivity (Wildman–Crippen MR) is 77.1 cm³/mol. The van der Waals surface area contributed by atoms with Crippen molar-refractivity contribution in [1.29, 1.82) is 0 Å². The van der Waals surface area contributed by atoms with Crippen molar-refractivity contribution in [3.63, 3.8) is 0 Å². The van der Waals surface area contributed by atoms with Crippen LogP contribution in [0, 0.1) is 5.41 Å². The zero-order valence-electron chi connectivity index (χ0n) is 12.5. The van der Waals surface area contributed by atoms with E-state index in [1.807, 2.05) is 19.1 Å². The van der Waals surface area contributed by atoms with E-state index in [1.165, 1.54) is 0 Å². The van der Waals surface area contributed by atoms with Gasteiger partial charge in [0.25, 0.3) is 5.91 Å². The van der Waals surface area contributed by atoms with Crippen molar-refractivity contribution in [2.45, 2.75) is 40.7 Å². The van der Waals surface area contributed by atoms with E-state index in [9.17, 15) is 4.79 Å². The van der Waals surface area contributed by atoms with Gasteiger partial charge in [-0.25, -0.2) is 0 Å². The number of aromatic nitrogens is 1. The number of carbonyl (C=O) groups excluding carboxylic acids is 1. The van der Waals surface area contributed by atoms with Crippen LogP contribution in [-0.2, 0) is 9.53 Å². The molecule has 0 bridgehead atoms. The third kappa shape index (κ3) is 4.99. The highest BCUT2D eigenvalue weighted by Gasteiger charge is 2.26. The summed E-state index contributed by atoms with van der Waals surface area (Å²) >= 11 is 0. The Kier molecular flexibility index (Phi) is 5.48. The third-order valence-corrected chi connectivity index (χ3v) is 2.62. The minimum Gasteiger partial charge on any atom is -0.369 e. The first-order valence-corrected chi connectivity index (χ1v) is 6.68. The number of nitrogens with zero attached hydrogens (tertiary/aromatic N) is 2. The Morgan fingerprint density at radius 2 is 2.16 bits per heavy atom. The molecule has 0 saturated heterocycles. The van der Waals surface area contributed by atoms with Gasteiger partial charge in [0.05, 0.1) is 11.9 Å². The second-order valence-electron chi connectivity index (χ2n) is 5.79. The number of amides is 1. The van der Waals surface area contributed by atoms with Crippen molar-refractivity contribution in [1.82, 2.24) is 4.98 Å². The highest BCUT2D eigenvalue weighted by Crippen LogP contribution is 2.22. The van der Waals surface area contributed by atoms with Gasteiger partial charge in [-0.2, -0.15) is 0 Å². The van der Waals surface area contributed by atoms with Gasteiger partial charge in [0.1, 0.15) is 6.10 Å². The molecule has 0 aliphatic rings. The molecule has 0 aromatic carbocycles. The van der Waals surface area contributed by atoms with Gasteiger partial charge in [0.15, 0.2) is 0 Å². The normalized spacial score (nSPS) is 13.1. The fourth-order valence-electron chi connectivity index (χ4n) is 1.82. The van der Waals surface area contributed by atoms with E-state index in [0.29, 0.717) is 13.2 Å². The molecule has 1 aromatic rings. The second kappa shape index (κ2) is 6.66. The number of hydrogen-bond acceptors (Lipinski definition) is 3. The first kappa shape index (κ1) is 15.6. The second-order valence-corrected chi connectivity index (χ2v) is 5.79. The van der Waals surface area contributed by atoms with E-state index in [1.54, 1.807) is 24.2 Å². The van der Waals surface area contributed by atoms with Crippen molar-refractivity contribution in [3.8, 4) is 0 Å². The Morgan fingerprint density at radius 1 is 1.47 bits per heavy atom. The third-order valence-electron chi connectivity index (χ3n) is 2.62. The minimum atomic E-state index is -0.437. The number of rotatable bonds is 5. The van der Waals surface area contributed by atoms with Crippen molar-refractivity contribution < 1.29 is 9.53 Å². The summed E-state index contributed by atoms with van der Waals surface area (Å²) in [4.78, 5) is 18.3. The molecule has 1 unspecified atom stereocenters. The minimum absolute atomic E-state index is 0.0113. The maximum absolute atomic E-state index is 12.5. The van der Waals surface area contributed by atoms with Gasteiger partial charge in [-0.1, -0.05) is 20.8 Å². The number of pyridine rings is 1. The van der Waals surface area contributed by atoms with Crippen LogP contribution in [0.25, 0.3) is 0 Å². The standard InChI is InChI=1S/C15H24N2O2/c1-6-19-12(2)14(18)17(11-15(3,4)5)13-8-7-9-16-10-13/h7-10,12H,6,11H2,1-5H3. The molecule has 1 heterocycles. The van der Waals surface area contributed by atoms with Gasteiger partial charge in [-0.3, -0.25) is 9.78 Å². The average Bonchev–Trinajstić information content (AvgIpc) is 2.35. The molecule has 19 heavy (non-hydrogen) atoms. The van der Waals surface area contributed by atoms with E-state index in [-0.39, 0.29) is 11.3 Å². The first-order valence-electron chi connectivity index (χ1n) is 6.68. The summed E-state index contributed by atoms with van der Waals surface area (Å²) in [6, 6.07) is 3.74. The molecule has 4 nitrogen and oxygen atoms in total. The SMILES string of the molecule is CCOC(C)C(=O)N(CC(C)(C)C)c1cccnc1. The van der Waals surface area contributed by atoms with Gasteiger partial charge in [0.2, 0.25) is 0 Å². The molecule has 1 atom stereocenters. The molecule has 0 aliphatic carbocycles. The quantitative estimate of drug-likeness (QED) is 0.821. The van der Waals surface area contributed by atoms with Gasteiger partial charge in [0, 0.05) is 19.3 Å². The summed E-state index contributed by atoms with van der Waals surface area (Å²) in [5, 5.41) is 0. The zero-order valence-corrected chi connectivity index (χ0v) is 12.5. The maximum Gasteiger partial charge on any atom is 0.255 e. The van der Waals surface area contributed by atoms with E-state index in [4.69, 9.17) is 4.74 Å². The van der Waals surface area contributed by atoms with E-state index in [2.05, 4.69) is 25.8 Å². The zero-order chi connectivity index (χ0) is 14.5. The number of hydrogen-bond donors (Lipinski definition) is 0. The lowest BCUT2D eigenvalue weighted by atomic mass is 9.95. The lowest BCUT2D eigenvalue weighted by molar-refractivity contribution is -0.129. The van der Waals surface area contributed by atoms with Gasteiger partial charge >= 0.3 is 0 Å². The van der Waals surface area contributed by atoms with Crippen LogP contribution in [0.2, 0.25) is 0 Å². The van der Waals surface area contributed by atoms with Crippen LogP contribution in [-0.4, -0.2) is 30.1 Å². The Morgan fingerprint density at radius 3 is 2.63 bits per heavy atom. The smallest absolute Gasteiger partial charge is 0.255 e. The van der Waals surface area contributed by atoms with Crippen LogP contribution in [0.15, 0.2) is 24.5 Å². The molecule has 0 N–H and O–H groups in total. The van der Waals surface area contributed by atoms with Crippen molar-refractivity contribution in [3.05, 3.63) is 24.5 Å². The van der Waals surface area contributed by atoms with E-state index in [0.717, 1.165) is 5.69 Å². The molecule has 106 valence electrons. The molecule has 0 fully saturated rings. The molecule has 0 radical (unpaired) electrons. The summed E-state index contributed by atoms with van der Waals surface area (Å²) in [5.74, 6) is -0.0234. The highest BCUT2D eigenvalue weighted by molar-refractivity contribution is 5.96. The maximum atomic E-state index is 12.5. The fourth-order valence-corrected chi connectivity index (χ4v) is 1.82. The summed E-state index contributed by atoms with van der Waals surface area (Å²) in [6.07, 6.45) is 2.98. The lowest BCUT2D eigenvalue weighted by Crippen LogP contribution is -2.43. The van der Waals surface area contributed by atoms with Crippen LogP contribution in [0.5, 0.6) is 0 Å². The van der Waals surface area contributed by atoms with Crippen LogP contribution in [0.4, 0.5) is 5.69 Å². The molecule has 4 heteroatoms. The summed E-state index contributed by atoms with van der Waals surface area (Å²) in [5.41, 5.74) is 0.825. The summed E-state index contributed by atoms with van der Waals surface area (Å²) in [6.45, 7) is 11.2. The van der Waals surface area contributed by atoms with Crippen LogP contribution in [0.3, 0.4) is 0 Å². The number of carbonyl (C=O) groups is 1. The van der Waals surface area contributed by atoms with Crippen molar-refractivity contribution in [2.75, 3.05) is 18.1 Å². The molecular formula is C15H24N2O2. The predicted octanol–water partition coefficient (Wildman–Crippen LogP) is 2.89. The Bertz CT molecular complexity index is 398. The molecule has 1 amide bonds. The monoisotopic (exact) mass is 264 g/mol. The van der Waals surface area contributed by atoms with E-state index < -0.39 is 6.10 Å². The number of anilines is 1. The molecule has 0 saturated carbocycles. The van der Waals surface area contributed by atoms with Crippen molar-refractivity contribution in [2.24, 2.45) is 5.41 Å². The molecule has 1 aromatic heterocycles. The number of ether oxygens (including phenoxy) is 1. The van der Waals surface area contributed by atoms with Crippen LogP contribution >= 0.6 is 0 Å². The van der Waals surface area contributed by atoms with Gasteiger partial charge in [-0.05, 0) is 31.4 Å². The van der Waals surface area contributed by atoms with Crippen LogP contribution in [0.1, 0.15) is 34.6 Å². The van der Waals surface area contributed by atoms with E-state index >= 15 is 0 Å². The Balaban J connectivity index is 2.96. The highest BCUT2D eigenvalue weighted by atomic mass is 16.5. The molecule has 0 aliphatic heterocycles. The molecule has 1 rings (SSSR count). The lowest BCUT2D eigenvalue weighted by Gasteiger charge is -2.31. The Hall–Kier alpha value is -1.42. The average molecular weight is 264 g/mol. The summed E-state index contributed by atoms with van der Waals surface area (Å²) < 4.78 is 5.41. The molecule has 0 spiro atoms. The summed E-state index contributed by atoms with van der Waals surface area (Å²) in [7, 11) is 0. The van der Waals surface area contributed by atoms with Crippen LogP contribution < -0.4 is 4.90 Å². The Labute approximate surface area is 115 Å².